The maximum atomic E-state index is 12.1. The van der Waals surface area contributed by atoms with Crippen LogP contribution in [-0.2, 0) is 19.7 Å². The fraction of sp³-hybridized carbons (Fsp3) is 0.909. The van der Waals surface area contributed by atoms with Gasteiger partial charge >= 0.3 is 5.97 Å². The predicted molar refractivity (Wildman–Crippen MR) is 71.8 cm³/mol. The summed E-state index contributed by atoms with van der Waals surface area (Å²) in [6.07, 6.45) is 1.88. The highest BCUT2D eigenvalue weighted by Gasteiger charge is 2.25. The molecule has 0 aliphatic carbocycles. The molecule has 0 radical (unpaired) electrons. The third-order valence-electron chi connectivity index (χ3n) is 3.21. The van der Waals surface area contributed by atoms with Gasteiger partial charge in [0.25, 0.3) is 10.2 Å². The fourth-order valence-electron chi connectivity index (χ4n) is 2.03. The van der Waals surface area contributed by atoms with Crippen molar-refractivity contribution in [3.8, 4) is 0 Å². The summed E-state index contributed by atoms with van der Waals surface area (Å²) >= 11 is 0. The Bertz CT molecular complexity index is 399. The van der Waals surface area contributed by atoms with Crippen LogP contribution in [0.2, 0.25) is 0 Å². The van der Waals surface area contributed by atoms with E-state index in [9.17, 15) is 13.2 Å². The second-order valence-corrected chi connectivity index (χ2v) is 6.68. The van der Waals surface area contributed by atoms with Crippen LogP contribution in [0.1, 0.15) is 19.3 Å². The number of methoxy groups -OCH3 is 1. The Morgan fingerprint density at radius 1 is 1.53 bits per heavy atom. The highest BCUT2D eigenvalue weighted by atomic mass is 32.2. The number of likely N-dealkylation sites (N-methyl/N-ethyl adjacent to an activating group) is 1. The molecule has 112 valence electrons. The van der Waals surface area contributed by atoms with Crippen molar-refractivity contribution in [2.75, 3.05) is 40.8 Å². The molecule has 0 aromatic heterocycles. The van der Waals surface area contributed by atoms with E-state index in [0.717, 1.165) is 23.7 Å². The summed E-state index contributed by atoms with van der Waals surface area (Å²) in [6, 6.07) is -0.0654. The van der Waals surface area contributed by atoms with Crippen molar-refractivity contribution in [3.63, 3.8) is 0 Å². The van der Waals surface area contributed by atoms with Crippen LogP contribution >= 0.6 is 0 Å². The normalized spacial score (nSPS) is 21.6. The lowest BCUT2D eigenvalue weighted by Crippen LogP contribution is -2.50. The molecule has 1 N–H and O–H groups in total. The predicted octanol–water partition coefficient (Wildman–Crippen LogP) is -0.590. The number of ether oxygens (including phenoxy) is 1. The highest BCUT2D eigenvalue weighted by Crippen LogP contribution is 2.10. The first-order valence-corrected chi connectivity index (χ1v) is 7.78. The van der Waals surface area contributed by atoms with Crippen LogP contribution in [0.3, 0.4) is 0 Å². The van der Waals surface area contributed by atoms with E-state index in [1.165, 1.54) is 14.2 Å². The molecule has 1 saturated heterocycles. The minimum absolute atomic E-state index is 0.0540. The van der Waals surface area contributed by atoms with E-state index in [1.807, 2.05) is 7.05 Å². The minimum Gasteiger partial charge on any atom is -0.469 e. The number of esters is 1. The molecule has 0 spiro atoms. The van der Waals surface area contributed by atoms with E-state index < -0.39 is 16.2 Å². The number of nitrogens with one attached hydrogen (secondary N) is 1. The van der Waals surface area contributed by atoms with Crippen molar-refractivity contribution in [2.45, 2.75) is 25.3 Å². The molecule has 1 aliphatic heterocycles. The Morgan fingerprint density at radius 3 is 2.79 bits per heavy atom. The van der Waals surface area contributed by atoms with Crippen LogP contribution in [0.25, 0.3) is 0 Å². The molecule has 0 aromatic rings. The maximum Gasteiger partial charge on any atom is 0.306 e. The van der Waals surface area contributed by atoms with Gasteiger partial charge in [-0.15, -0.1) is 0 Å². The molecule has 8 heteroatoms. The van der Waals surface area contributed by atoms with Crippen molar-refractivity contribution >= 4 is 16.2 Å². The van der Waals surface area contributed by atoms with Crippen molar-refractivity contribution in [2.24, 2.45) is 0 Å². The molecule has 7 nitrogen and oxygen atoms in total. The second-order valence-electron chi connectivity index (χ2n) is 4.87. The number of hydrogen-bond donors (Lipinski definition) is 1. The van der Waals surface area contributed by atoms with Gasteiger partial charge in [0.15, 0.2) is 0 Å². The molecule has 19 heavy (non-hydrogen) atoms. The molecule has 0 aromatic carbocycles. The van der Waals surface area contributed by atoms with Crippen LogP contribution in [0.15, 0.2) is 0 Å². The zero-order valence-electron chi connectivity index (χ0n) is 11.8. The van der Waals surface area contributed by atoms with Crippen molar-refractivity contribution in [1.82, 2.24) is 13.9 Å². The van der Waals surface area contributed by atoms with Gasteiger partial charge < -0.3 is 9.64 Å². The average molecular weight is 293 g/mol. The highest BCUT2D eigenvalue weighted by molar-refractivity contribution is 7.87. The van der Waals surface area contributed by atoms with Crippen LogP contribution in [-0.4, -0.2) is 70.5 Å². The van der Waals surface area contributed by atoms with E-state index in [0.29, 0.717) is 6.54 Å². The lowest BCUT2D eigenvalue weighted by molar-refractivity contribution is -0.140. The Balaban J connectivity index is 2.47. The van der Waals surface area contributed by atoms with Gasteiger partial charge in [-0.25, -0.2) is 0 Å². The summed E-state index contributed by atoms with van der Waals surface area (Å²) in [7, 11) is 1.18. The van der Waals surface area contributed by atoms with E-state index >= 15 is 0 Å². The zero-order chi connectivity index (χ0) is 14.5. The summed E-state index contributed by atoms with van der Waals surface area (Å²) in [6.45, 7) is 1.82. The molecule has 0 bridgehead atoms. The number of carbonyl (C=O) groups excluding carboxylic acids is 1. The third kappa shape index (κ3) is 5.43. The molecule has 1 heterocycles. The summed E-state index contributed by atoms with van der Waals surface area (Å²) in [5.41, 5.74) is 0. The van der Waals surface area contributed by atoms with Gasteiger partial charge in [0.2, 0.25) is 0 Å². The lowest BCUT2D eigenvalue weighted by Gasteiger charge is -2.31. The van der Waals surface area contributed by atoms with E-state index in [1.54, 1.807) is 0 Å². The molecule has 1 atom stereocenters. The summed E-state index contributed by atoms with van der Waals surface area (Å²) < 4.78 is 32.4. The topological polar surface area (TPSA) is 78.9 Å². The monoisotopic (exact) mass is 293 g/mol. The molecule has 1 rings (SSSR count). The first-order valence-electron chi connectivity index (χ1n) is 6.34. The number of carbonyl (C=O) groups is 1. The molecule has 0 saturated carbocycles. The van der Waals surface area contributed by atoms with Crippen LogP contribution in [0.4, 0.5) is 0 Å². The number of rotatable bonds is 6. The molecule has 1 fully saturated rings. The maximum absolute atomic E-state index is 12.1. The van der Waals surface area contributed by atoms with E-state index in [2.05, 4.69) is 14.4 Å². The summed E-state index contributed by atoms with van der Waals surface area (Å²) in [4.78, 5) is 13.1. The molecular formula is C11H23N3O4S. The average Bonchev–Trinajstić information content (AvgIpc) is 2.34. The van der Waals surface area contributed by atoms with Crippen molar-refractivity contribution < 1.29 is 17.9 Å². The molecule has 0 amide bonds. The smallest absolute Gasteiger partial charge is 0.306 e. The largest absolute Gasteiger partial charge is 0.469 e. The second kappa shape index (κ2) is 7.18. The zero-order valence-corrected chi connectivity index (χ0v) is 12.6. The van der Waals surface area contributed by atoms with Crippen LogP contribution in [0.5, 0.6) is 0 Å². The molecule has 1 aliphatic rings. The Labute approximate surface area is 115 Å². The van der Waals surface area contributed by atoms with Gasteiger partial charge in [0, 0.05) is 26.2 Å². The van der Waals surface area contributed by atoms with Gasteiger partial charge in [-0.1, -0.05) is 0 Å². The third-order valence-corrected chi connectivity index (χ3v) is 4.84. The number of piperidine rings is 1. The Hall–Kier alpha value is -0.700. The fourth-order valence-corrected chi connectivity index (χ4v) is 3.16. The van der Waals surface area contributed by atoms with Gasteiger partial charge in [-0.05, 0) is 26.4 Å². The van der Waals surface area contributed by atoms with E-state index in [4.69, 9.17) is 0 Å². The first-order chi connectivity index (χ1) is 8.85. The van der Waals surface area contributed by atoms with Crippen molar-refractivity contribution in [1.29, 1.82) is 0 Å². The van der Waals surface area contributed by atoms with E-state index in [-0.39, 0.29) is 19.0 Å². The quantitative estimate of drug-likeness (QED) is 0.662. The Morgan fingerprint density at radius 2 is 2.21 bits per heavy atom. The van der Waals surface area contributed by atoms with Crippen molar-refractivity contribution in [3.05, 3.63) is 0 Å². The SMILES string of the molecule is COC(=O)CCN(C)S(=O)(=O)NC1CCCN(C)C1. The number of nitrogens with zero attached hydrogens (tertiary/aromatic N) is 2. The molecule has 1 unspecified atom stereocenters. The standard InChI is InChI=1S/C11H23N3O4S/c1-13-7-4-5-10(9-13)12-19(16,17)14(2)8-6-11(15)18-3/h10,12H,4-9H2,1-3H3. The van der Waals surface area contributed by atoms with Gasteiger partial charge in [0.05, 0.1) is 13.5 Å². The van der Waals surface area contributed by atoms with Crippen LogP contribution < -0.4 is 4.72 Å². The number of likely N-dealkylation sites (tertiary alicyclic amines) is 1. The lowest BCUT2D eigenvalue weighted by atomic mass is 10.1. The van der Waals surface area contributed by atoms with Gasteiger partial charge in [-0.3, -0.25) is 4.79 Å². The minimum atomic E-state index is -3.54. The Kier molecular flexibility index (Phi) is 6.18. The van der Waals surface area contributed by atoms with Gasteiger partial charge in [-0.2, -0.15) is 17.4 Å². The van der Waals surface area contributed by atoms with Crippen LogP contribution in [0, 0.1) is 0 Å². The van der Waals surface area contributed by atoms with Gasteiger partial charge in [0.1, 0.15) is 0 Å². The summed E-state index contributed by atoms with van der Waals surface area (Å²) in [5, 5.41) is 0. The summed E-state index contributed by atoms with van der Waals surface area (Å²) in [5.74, 6) is -0.417. The molecular weight excluding hydrogens is 270 g/mol. The number of hydrogen-bond acceptors (Lipinski definition) is 5. The first kappa shape index (κ1) is 16.4.